The van der Waals surface area contributed by atoms with E-state index >= 15 is 0 Å². The summed E-state index contributed by atoms with van der Waals surface area (Å²) in [5.41, 5.74) is 1.05. The molecule has 29 heavy (non-hydrogen) atoms. The molecule has 1 rings (SSSR count). The van der Waals surface area contributed by atoms with Gasteiger partial charge in [0.15, 0.2) is 0 Å². The number of nitrogens with zero attached hydrogens (tertiary/aromatic N) is 1. The maximum Gasteiger partial charge on any atom is 0.220 e. The highest BCUT2D eigenvalue weighted by Crippen LogP contribution is 2.12. The van der Waals surface area contributed by atoms with Crippen LogP contribution < -0.4 is 10.4 Å². The zero-order valence-electron chi connectivity index (χ0n) is 18.2. The molecule has 0 fully saturated rings. The van der Waals surface area contributed by atoms with E-state index in [1.54, 1.807) is 12.1 Å². The van der Waals surface area contributed by atoms with Crippen LogP contribution in [0.3, 0.4) is 0 Å². The van der Waals surface area contributed by atoms with Crippen molar-refractivity contribution in [2.45, 2.75) is 70.3 Å². The van der Waals surface area contributed by atoms with Gasteiger partial charge in [-0.25, -0.2) is 4.39 Å². The third kappa shape index (κ3) is 13.8. The second-order valence-electron chi connectivity index (χ2n) is 8.92. The van der Waals surface area contributed by atoms with Crippen LogP contribution >= 0.6 is 0 Å². The van der Waals surface area contributed by atoms with Crippen molar-refractivity contribution in [3.63, 3.8) is 0 Å². The molecule has 0 spiro atoms. The maximum atomic E-state index is 13.1. The van der Waals surface area contributed by atoms with E-state index < -0.39 is 12.0 Å². The molecule has 1 aromatic rings. The van der Waals surface area contributed by atoms with Crippen LogP contribution in [-0.2, 0) is 16.0 Å². The molecular weight excluding hydrogens is 371 g/mol. The summed E-state index contributed by atoms with van der Waals surface area (Å²) in [7, 11) is 5.89. The Kier molecular flexibility index (Phi) is 11.5. The number of nitrogens with one attached hydrogen (secondary N) is 1. The number of aryl methyl sites for hydroxylation is 1. The molecule has 6 heteroatoms. The van der Waals surface area contributed by atoms with E-state index in [4.69, 9.17) is 0 Å². The highest BCUT2D eigenvalue weighted by atomic mass is 19.1. The van der Waals surface area contributed by atoms with Crippen LogP contribution in [0.2, 0.25) is 0 Å². The lowest BCUT2D eigenvalue weighted by Crippen LogP contribution is -2.50. The fourth-order valence-corrected chi connectivity index (χ4v) is 3.51. The molecule has 0 aliphatic carbocycles. The van der Waals surface area contributed by atoms with E-state index in [1.807, 2.05) is 27.2 Å². The molecule has 0 aliphatic heterocycles. The van der Waals surface area contributed by atoms with Gasteiger partial charge in [0.05, 0.1) is 33.7 Å². The molecule has 5 nitrogen and oxygen atoms in total. The summed E-state index contributed by atoms with van der Waals surface area (Å²) in [5.74, 6) is -1.39. The van der Waals surface area contributed by atoms with Crippen molar-refractivity contribution in [1.29, 1.82) is 0 Å². The van der Waals surface area contributed by atoms with E-state index in [0.29, 0.717) is 17.4 Å². The second kappa shape index (κ2) is 13.3. The third-order valence-corrected chi connectivity index (χ3v) is 4.80. The van der Waals surface area contributed by atoms with Crippen molar-refractivity contribution in [2.24, 2.45) is 0 Å². The lowest BCUT2D eigenvalue weighted by Gasteiger charge is -2.30. The number of hydrogen-bond acceptors (Lipinski definition) is 3. The number of rotatable bonds is 15. The molecule has 0 saturated heterocycles. The van der Waals surface area contributed by atoms with Crippen LogP contribution in [0.15, 0.2) is 24.3 Å². The monoisotopic (exact) mass is 408 g/mol. The minimum atomic E-state index is -1.14. The van der Waals surface area contributed by atoms with Gasteiger partial charge in [0.1, 0.15) is 5.82 Å². The Labute approximate surface area is 174 Å². The first kappa shape index (κ1) is 25.1. The lowest BCUT2D eigenvalue weighted by molar-refractivity contribution is -0.871. The summed E-state index contributed by atoms with van der Waals surface area (Å²) >= 11 is 0. The fourth-order valence-electron chi connectivity index (χ4n) is 3.51. The first-order valence-electron chi connectivity index (χ1n) is 10.7. The van der Waals surface area contributed by atoms with Crippen molar-refractivity contribution in [3.8, 4) is 0 Å². The van der Waals surface area contributed by atoms with E-state index in [9.17, 15) is 19.1 Å². The van der Waals surface area contributed by atoms with Crippen molar-refractivity contribution in [1.82, 2.24) is 5.32 Å². The molecule has 1 atom stereocenters. The summed E-state index contributed by atoms with van der Waals surface area (Å²) in [4.78, 5) is 23.0. The van der Waals surface area contributed by atoms with Crippen LogP contribution in [0, 0.1) is 5.82 Å². The SMILES string of the molecule is C[N+](C)(C)CC(CC(=O)[O-])NC(=O)CCCCCCCCCc1cccc(F)c1. The number of carboxylic acids is 1. The Balaban J connectivity index is 2.08. The predicted molar refractivity (Wildman–Crippen MR) is 111 cm³/mol. The smallest absolute Gasteiger partial charge is 0.220 e. The zero-order valence-corrected chi connectivity index (χ0v) is 18.2. The topological polar surface area (TPSA) is 69.2 Å². The van der Waals surface area contributed by atoms with Crippen LogP contribution in [0.25, 0.3) is 0 Å². The number of carbonyl (C=O) groups is 2. The number of aliphatic carboxylic acids is 1. The molecule has 0 radical (unpaired) electrons. The standard InChI is InChI=1S/C23H37FN2O3/c1-26(2,3)18-21(17-23(28)29)25-22(27)15-10-8-6-4-5-7-9-12-19-13-11-14-20(24)16-19/h11,13-14,16,21H,4-10,12,15,17-18H2,1-3H3,(H-,25,27,28,29). The van der Waals surface area contributed by atoms with Crippen LogP contribution in [-0.4, -0.2) is 50.1 Å². The van der Waals surface area contributed by atoms with Gasteiger partial charge in [-0.2, -0.15) is 0 Å². The average Bonchev–Trinajstić information content (AvgIpc) is 2.58. The van der Waals surface area contributed by atoms with Gasteiger partial charge >= 0.3 is 0 Å². The molecule has 0 heterocycles. The molecule has 0 aliphatic rings. The van der Waals surface area contributed by atoms with Gasteiger partial charge in [0, 0.05) is 18.8 Å². The minimum absolute atomic E-state index is 0.0835. The fraction of sp³-hybridized carbons (Fsp3) is 0.652. The number of quaternary nitrogens is 1. The summed E-state index contributed by atoms with van der Waals surface area (Å²) in [6, 6.07) is 6.39. The highest BCUT2D eigenvalue weighted by molar-refractivity contribution is 5.77. The third-order valence-electron chi connectivity index (χ3n) is 4.80. The normalized spacial score (nSPS) is 12.6. The largest absolute Gasteiger partial charge is 0.550 e. The molecule has 0 saturated carbocycles. The van der Waals surface area contributed by atoms with Gasteiger partial charge in [0.25, 0.3) is 0 Å². The Bertz CT molecular complexity index is 629. The molecule has 0 aromatic heterocycles. The van der Waals surface area contributed by atoms with Crippen molar-refractivity contribution in [3.05, 3.63) is 35.6 Å². The number of likely N-dealkylation sites (N-methyl/N-ethyl adjacent to an activating group) is 1. The molecule has 1 aromatic carbocycles. The van der Waals surface area contributed by atoms with Gasteiger partial charge in [-0.3, -0.25) is 4.79 Å². The van der Waals surface area contributed by atoms with Crippen molar-refractivity contribution in [2.75, 3.05) is 27.7 Å². The molecule has 1 amide bonds. The summed E-state index contributed by atoms with van der Waals surface area (Å²) in [6.07, 6.45) is 8.59. The van der Waals surface area contributed by atoms with Gasteiger partial charge in [-0.1, -0.05) is 44.2 Å². The molecular formula is C23H37FN2O3. The molecule has 1 unspecified atom stereocenters. The van der Waals surface area contributed by atoms with Gasteiger partial charge in [-0.05, 0) is 37.0 Å². The van der Waals surface area contributed by atoms with Crippen molar-refractivity contribution < 1.29 is 23.6 Å². The number of benzene rings is 1. The Hall–Kier alpha value is -1.95. The van der Waals surface area contributed by atoms with Crippen LogP contribution in [0.4, 0.5) is 4.39 Å². The van der Waals surface area contributed by atoms with Crippen LogP contribution in [0.1, 0.15) is 63.4 Å². The lowest BCUT2D eigenvalue weighted by atomic mass is 10.0. The molecule has 164 valence electrons. The Morgan fingerprint density at radius 1 is 1.03 bits per heavy atom. The van der Waals surface area contributed by atoms with E-state index in [0.717, 1.165) is 56.9 Å². The first-order valence-corrected chi connectivity index (χ1v) is 10.7. The molecule has 0 bridgehead atoms. The second-order valence-corrected chi connectivity index (χ2v) is 8.92. The summed E-state index contributed by atoms with van der Waals surface area (Å²) in [5, 5.41) is 13.7. The quantitative estimate of drug-likeness (QED) is 0.358. The summed E-state index contributed by atoms with van der Waals surface area (Å²) < 4.78 is 13.7. The van der Waals surface area contributed by atoms with Crippen LogP contribution in [0.5, 0.6) is 0 Å². The Morgan fingerprint density at radius 3 is 2.24 bits per heavy atom. The minimum Gasteiger partial charge on any atom is -0.550 e. The number of amides is 1. The highest BCUT2D eigenvalue weighted by Gasteiger charge is 2.20. The maximum absolute atomic E-state index is 13.1. The van der Waals surface area contributed by atoms with E-state index in [2.05, 4.69) is 5.32 Å². The predicted octanol–water partition coefficient (Wildman–Crippen LogP) is 2.82. The summed E-state index contributed by atoms with van der Waals surface area (Å²) in [6.45, 7) is 0.551. The van der Waals surface area contributed by atoms with Gasteiger partial charge < -0.3 is 19.7 Å². The average molecular weight is 409 g/mol. The van der Waals surface area contributed by atoms with Crippen molar-refractivity contribution >= 4 is 11.9 Å². The number of unbranched alkanes of at least 4 members (excludes halogenated alkanes) is 6. The van der Waals surface area contributed by atoms with E-state index in [1.165, 1.54) is 6.07 Å². The van der Waals surface area contributed by atoms with Gasteiger partial charge in [-0.15, -0.1) is 0 Å². The molecule has 1 N–H and O–H groups in total. The Morgan fingerprint density at radius 2 is 1.66 bits per heavy atom. The first-order chi connectivity index (χ1) is 13.7. The zero-order chi connectivity index (χ0) is 21.7. The van der Waals surface area contributed by atoms with Gasteiger partial charge in [0.2, 0.25) is 5.91 Å². The van der Waals surface area contributed by atoms with E-state index in [-0.39, 0.29) is 18.1 Å². The number of carboxylic acid groups (broad SMARTS) is 1. The number of halogens is 1. The number of hydrogen-bond donors (Lipinski definition) is 1. The number of carbonyl (C=O) groups excluding carboxylic acids is 2.